The van der Waals surface area contributed by atoms with Crippen LogP contribution in [0.4, 0.5) is 13.2 Å². The van der Waals surface area contributed by atoms with Crippen LogP contribution in [0.5, 0.6) is 0 Å². The number of halogens is 3. The Morgan fingerprint density at radius 2 is 1.88 bits per heavy atom. The van der Waals surface area contributed by atoms with E-state index in [9.17, 15) is 18.0 Å². The van der Waals surface area contributed by atoms with E-state index >= 15 is 0 Å². The zero-order chi connectivity index (χ0) is 12.0. The molecule has 92 valence electrons. The summed E-state index contributed by atoms with van der Waals surface area (Å²) < 4.78 is 40.3. The van der Waals surface area contributed by atoms with Gasteiger partial charge >= 0.3 is 12.1 Å². The average molecular weight is 237 g/mol. The first-order chi connectivity index (χ1) is 7.33. The van der Waals surface area contributed by atoms with Gasteiger partial charge in [-0.15, -0.1) is 0 Å². The van der Waals surface area contributed by atoms with Crippen LogP contribution in [0.2, 0.25) is 0 Å². The highest BCUT2D eigenvalue weighted by molar-refractivity contribution is 5.76. The third-order valence-corrected chi connectivity index (χ3v) is 3.62. The van der Waals surface area contributed by atoms with Crippen LogP contribution < -0.4 is 5.73 Å². The van der Waals surface area contributed by atoms with Crippen molar-refractivity contribution in [2.75, 3.05) is 0 Å². The average Bonchev–Trinajstić information content (AvgIpc) is 2.83. The van der Waals surface area contributed by atoms with Crippen LogP contribution in [-0.4, -0.2) is 24.3 Å². The molecule has 2 fully saturated rings. The van der Waals surface area contributed by atoms with Gasteiger partial charge in [0, 0.05) is 11.5 Å². The van der Waals surface area contributed by atoms with E-state index in [0.29, 0.717) is 6.42 Å². The molecule has 2 rings (SSSR count). The van der Waals surface area contributed by atoms with Crippen molar-refractivity contribution in [1.29, 1.82) is 0 Å². The van der Waals surface area contributed by atoms with Crippen molar-refractivity contribution < 1.29 is 22.7 Å². The van der Waals surface area contributed by atoms with Gasteiger partial charge in [0.15, 0.2) is 0 Å². The standard InChI is InChI=1S/C10H14F3NO2/c11-10(12,13)8(15)16-7-5-9(7)3-1-6(14)2-4-9/h6-7H,1-5,14H2. The molecule has 0 radical (unpaired) electrons. The van der Waals surface area contributed by atoms with E-state index < -0.39 is 18.2 Å². The number of alkyl halides is 3. The number of carbonyl (C=O) groups is 1. The fourth-order valence-corrected chi connectivity index (χ4v) is 2.41. The number of ether oxygens (including phenoxy) is 1. The molecule has 16 heavy (non-hydrogen) atoms. The largest absolute Gasteiger partial charge is 0.490 e. The number of rotatable bonds is 1. The van der Waals surface area contributed by atoms with Gasteiger partial charge in [0.25, 0.3) is 0 Å². The van der Waals surface area contributed by atoms with Gasteiger partial charge in [-0.25, -0.2) is 4.79 Å². The summed E-state index contributed by atoms with van der Waals surface area (Å²) in [5, 5.41) is 0. The lowest BCUT2D eigenvalue weighted by molar-refractivity contribution is -0.202. The van der Waals surface area contributed by atoms with E-state index in [2.05, 4.69) is 4.74 Å². The van der Waals surface area contributed by atoms with E-state index in [1.165, 1.54) is 0 Å². The quantitative estimate of drug-likeness (QED) is 0.707. The summed E-state index contributed by atoms with van der Waals surface area (Å²) in [5.74, 6) is -2.07. The van der Waals surface area contributed by atoms with Crippen molar-refractivity contribution in [2.45, 2.75) is 50.4 Å². The van der Waals surface area contributed by atoms with Crippen LogP contribution in [0.15, 0.2) is 0 Å². The van der Waals surface area contributed by atoms with Gasteiger partial charge in [-0.1, -0.05) is 0 Å². The van der Waals surface area contributed by atoms with Crippen molar-refractivity contribution >= 4 is 5.97 Å². The zero-order valence-corrected chi connectivity index (χ0v) is 8.72. The number of carbonyl (C=O) groups excluding carboxylic acids is 1. The van der Waals surface area contributed by atoms with Gasteiger partial charge in [-0.3, -0.25) is 0 Å². The molecular weight excluding hydrogens is 223 g/mol. The van der Waals surface area contributed by atoms with E-state index in [1.807, 2.05) is 0 Å². The van der Waals surface area contributed by atoms with Crippen molar-refractivity contribution in [2.24, 2.45) is 11.1 Å². The summed E-state index contributed by atoms with van der Waals surface area (Å²) in [4.78, 5) is 10.6. The molecule has 0 heterocycles. The van der Waals surface area contributed by atoms with Gasteiger partial charge in [0.1, 0.15) is 6.10 Å². The second kappa shape index (κ2) is 3.61. The Labute approximate surface area is 91.1 Å². The van der Waals surface area contributed by atoms with Gasteiger partial charge in [0.2, 0.25) is 0 Å². The number of hydrogen-bond acceptors (Lipinski definition) is 3. The first kappa shape index (κ1) is 11.7. The van der Waals surface area contributed by atoms with Crippen molar-refractivity contribution in [1.82, 2.24) is 0 Å². The molecule has 2 saturated carbocycles. The van der Waals surface area contributed by atoms with Crippen LogP contribution in [0.25, 0.3) is 0 Å². The summed E-state index contributed by atoms with van der Waals surface area (Å²) in [5.41, 5.74) is 5.51. The molecule has 2 aliphatic rings. The van der Waals surface area contributed by atoms with Gasteiger partial charge in [-0.05, 0) is 32.1 Å². The topological polar surface area (TPSA) is 52.3 Å². The molecule has 0 aliphatic heterocycles. The highest BCUT2D eigenvalue weighted by atomic mass is 19.4. The van der Waals surface area contributed by atoms with Crippen LogP contribution in [0, 0.1) is 5.41 Å². The second-order valence-electron chi connectivity index (χ2n) is 4.80. The van der Waals surface area contributed by atoms with E-state index in [-0.39, 0.29) is 11.5 Å². The summed E-state index contributed by atoms with van der Waals surface area (Å²) in [7, 11) is 0. The Hall–Kier alpha value is -0.780. The van der Waals surface area contributed by atoms with Crippen molar-refractivity contribution in [3.63, 3.8) is 0 Å². The lowest BCUT2D eigenvalue weighted by Gasteiger charge is -2.26. The summed E-state index contributed by atoms with van der Waals surface area (Å²) >= 11 is 0. The smallest absolute Gasteiger partial charge is 0.455 e. The fraction of sp³-hybridized carbons (Fsp3) is 0.900. The summed E-state index contributed by atoms with van der Waals surface area (Å²) in [6.07, 6.45) is -1.72. The molecule has 0 aromatic carbocycles. The molecule has 1 atom stereocenters. The molecule has 1 spiro atoms. The molecule has 2 N–H and O–H groups in total. The molecule has 0 aromatic rings. The summed E-state index contributed by atoms with van der Waals surface area (Å²) in [6, 6.07) is 0.144. The summed E-state index contributed by atoms with van der Waals surface area (Å²) in [6.45, 7) is 0. The van der Waals surface area contributed by atoms with E-state index in [4.69, 9.17) is 5.73 Å². The van der Waals surface area contributed by atoms with Gasteiger partial charge < -0.3 is 10.5 Å². The molecule has 3 nitrogen and oxygen atoms in total. The van der Waals surface area contributed by atoms with Gasteiger partial charge in [-0.2, -0.15) is 13.2 Å². The maximum Gasteiger partial charge on any atom is 0.490 e. The molecular formula is C10H14F3NO2. The lowest BCUT2D eigenvalue weighted by atomic mass is 9.83. The molecule has 1 unspecified atom stereocenters. The molecule has 0 aromatic heterocycles. The Balaban J connectivity index is 1.85. The zero-order valence-electron chi connectivity index (χ0n) is 8.72. The molecule has 6 heteroatoms. The van der Waals surface area contributed by atoms with Crippen molar-refractivity contribution in [3.05, 3.63) is 0 Å². The highest BCUT2D eigenvalue weighted by Crippen LogP contribution is 2.58. The third kappa shape index (κ3) is 2.16. The predicted octanol–water partition coefficient (Wildman–Crippen LogP) is 1.75. The number of nitrogens with two attached hydrogens (primary N) is 1. The third-order valence-electron chi connectivity index (χ3n) is 3.62. The monoisotopic (exact) mass is 237 g/mol. The Morgan fingerprint density at radius 3 is 2.38 bits per heavy atom. The van der Waals surface area contributed by atoms with Crippen LogP contribution in [0.3, 0.4) is 0 Å². The molecule has 0 saturated heterocycles. The minimum Gasteiger partial charge on any atom is -0.455 e. The maximum atomic E-state index is 12.0. The lowest BCUT2D eigenvalue weighted by Crippen LogP contribution is -2.31. The van der Waals surface area contributed by atoms with Gasteiger partial charge in [0.05, 0.1) is 0 Å². The minimum absolute atomic E-state index is 0.144. The molecule has 0 bridgehead atoms. The first-order valence-corrected chi connectivity index (χ1v) is 5.37. The number of hydrogen-bond donors (Lipinski definition) is 1. The Bertz CT molecular complexity index is 295. The van der Waals surface area contributed by atoms with Crippen LogP contribution >= 0.6 is 0 Å². The predicted molar refractivity (Wildman–Crippen MR) is 49.4 cm³/mol. The first-order valence-electron chi connectivity index (χ1n) is 5.37. The Morgan fingerprint density at radius 1 is 1.31 bits per heavy atom. The SMILES string of the molecule is NC1CCC2(CC1)CC2OC(=O)C(F)(F)F. The molecule has 0 amide bonds. The molecule has 2 aliphatic carbocycles. The van der Waals surface area contributed by atoms with Crippen LogP contribution in [0.1, 0.15) is 32.1 Å². The fourth-order valence-electron chi connectivity index (χ4n) is 2.41. The minimum atomic E-state index is -4.88. The van der Waals surface area contributed by atoms with E-state index in [1.54, 1.807) is 0 Å². The second-order valence-corrected chi connectivity index (χ2v) is 4.80. The number of esters is 1. The maximum absolute atomic E-state index is 12.0. The van der Waals surface area contributed by atoms with E-state index in [0.717, 1.165) is 25.7 Å². The van der Waals surface area contributed by atoms with Crippen LogP contribution in [-0.2, 0) is 9.53 Å². The normalized spacial score (nSPS) is 38.5. The Kier molecular flexibility index (Phi) is 2.64. The van der Waals surface area contributed by atoms with Crippen molar-refractivity contribution in [3.8, 4) is 0 Å². The highest BCUT2D eigenvalue weighted by Gasteiger charge is 2.59.